The number of imidazole rings is 5. The largest absolute Gasteiger partial charge is 0.506 e. The number of H-pyrrole nitrogens is 3. The number of aromatic hydroxyl groups is 2. The van der Waals surface area contributed by atoms with Crippen LogP contribution in [-0.4, -0.2) is 257 Å². The van der Waals surface area contributed by atoms with E-state index in [1.54, 1.807) is 93.9 Å². The van der Waals surface area contributed by atoms with Gasteiger partial charge in [0.15, 0.2) is 39.5 Å². The van der Waals surface area contributed by atoms with Gasteiger partial charge in [0.2, 0.25) is 29.5 Å². The molecule has 5 N–H and O–H groups in total. The molecule has 5 aromatic carbocycles. The maximum absolute atomic E-state index is 14.2. The molecule has 0 radical (unpaired) electrons. The van der Waals surface area contributed by atoms with Gasteiger partial charge in [-0.1, -0.05) is 63.2 Å². The number of nitrogens with zero attached hydrogens (tertiary/aromatic N) is 25. The lowest BCUT2D eigenvalue weighted by Crippen LogP contribution is -2.50. The Kier molecular flexibility index (Phi) is 23.5. The Morgan fingerprint density at radius 1 is 0.388 bits per heavy atom. The summed E-state index contributed by atoms with van der Waals surface area (Å²) < 4.78 is 42.2. The lowest BCUT2D eigenvalue weighted by molar-refractivity contribution is -0.132. The minimum atomic E-state index is -0.738. The van der Waals surface area contributed by atoms with E-state index in [2.05, 4.69) is 98.0 Å². The molecule has 0 aliphatic carbocycles. The van der Waals surface area contributed by atoms with Crippen LogP contribution in [0, 0.1) is 53.2 Å². The van der Waals surface area contributed by atoms with Crippen molar-refractivity contribution in [3.63, 3.8) is 0 Å². The van der Waals surface area contributed by atoms with E-state index in [0.717, 1.165) is 106 Å². The predicted molar refractivity (Wildman–Crippen MR) is 509 cm³/mol. The molecule has 5 fully saturated rings. The Labute approximate surface area is 787 Å². The Hall–Kier alpha value is -17.5. The topological polar surface area (TPSA) is 450 Å². The van der Waals surface area contributed by atoms with Gasteiger partial charge in [0.25, 0.3) is 28.5 Å². The number of phenols is 2. The number of benzene rings is 5. The molecular weight excluding hydrogens is 1790 g/mol. The van der Waals surface area contributed by atoms with Gasteiger partial charge in [-0.15, -0.1) is 0 Å². The molecule has 42 heteroatoms. The summed E-state index contributed by atoms with van der Waals surface area (Å²) in [5, 5.41) is 43.9. The zero-order valence-corrected chi connectivity index (χ0v) is 76.2. The van der Waals surface area contributed by atoms with E-state index in [4.69, 9.17) is 4.98 Å². The van der Waals surface area contributed by atoms with Gasteiger partial charge in [0.1, 0.15) is 45.9 Å². The molecule has 5 saturated heterocycles. The third kappa shape index (κ3) is 15.7. The van der Waals surface area contributed by atoms with Crippen molar-refractivity contribution in [2.75, 3.05) is 88.3 Å². The van der Waals surface area contributed by atoms with Gasteiger partial charge in [-0.2, -0.15) is 15.3 Å². The maximum atomic E-state index is 14.2. The lowest BCUT2D eigenvalue weighted by Gasteiger charge is -2.40. The minimum absolute atomic E-state index is 0.0464. The summed E-state index contributed by atoms with van der Waals surface area (Å²) in [6.45, 7) is 35.1. The molecule has 18 heterocycles. The van der Waals surface area contributed by atoms with E-state index in [0.29, 0.717) is 112 Å². The molecule has 706 valence electrons. The third-order valence-electron chi connectivity index (χ3n) is 26.5. The molecule has 0 spiro atoms. The van der Waals surface area contributed by atoms with E-state index in [1.807, 2.05) is 90.8 Å². The number of halogens is 2. The number of rotatable bonds is 15. The van der Waals surface area contributed by atoms with Crippen molar-refractivity contribution >= 4 is 119 Å². The number of para-hydroxylation sites is 2. The van der Waals surface area contributed by atoms with Crippen LogP contribution in [0.2, 0.25) is 0 Å². The van der Waals surface area contributed by atoms with Crippen molar-refractivity contribution < 1.29 is 52.6 Å². The zero-order chi connectivity index (χ0) is 97.7. The number of hydrogen-bond donors (Lipinski definition) is 5. The first-order chi connectivity index (χ1) is 67.0. The molecular formula is C97H92F2N28O12. The molecule has 7 aliphatic rings. The molecule has 11 aromatic heterocycles. The fourth-order valence-electron chi connectivity index (χ4n) is 19.0. The van der Waals surface area contributed by atoms with Gasteiger partial charge in [-0.05, 0) is 137 Å². The van der Waals surface area contributed by atoms with Crippen LogP contribution >= 0.6 is 0 Å². The van der Waals surface area contributed by atoms with Crippen molar-refractivity contribution in [1.82, 2.24) is 127 Å². The highest BCUT2D eigenvalue weighted by atomic mass is 19.1. The molecule has 7 amide bonds. The first-order valence-corrected chi connectivity index (χ1v) is 44.6. The molecule has 139 heavy (non-hydrogen) atoms. The summed E-state index contributed by atoms with van der Waals surface area (Å²) in [4.78, 5) is 166. The number of amides is 7. The van der Waals surface area contributed by atoms with Crippen LogP contribution < -0.4 is 26.5 Å². The third-order valence-corrected chi connectivity index (χ3v) is 26.5. The molecule has 0 bridgehead atoms. The zero-order valence-electron chi connectivity index (χ0n) is 76.2. The van der Waals surface area contributed by atoms with Crippen LogP contribution in [0.25, 0.3) is 83.1 Å². The Morgan fingerprint density at radius 3 is 1.11 bits per heavy atom. The smallest absolute Gasteiger partial charge is 0.286 e. The number of carbonyl (C=O) groups is 7. The van der Waals surface area contributed by atoms with Crippen LogP contribution in [-0.2, 0) is 36.8 Å². The summed E-state index contributed by atoms with van der Waals surface area (Å²) in [5.74, 6) is -2.28. The van der Waals surface area contributed by atoms with E-state index in [1.165, 1.54) is 71.9 Å². The maximum Gasteiger partial charge on any atom is 0.286 e. The normalized spacial score (nSPS) is 15.4. The average Bonchev–Trinajstić information content (AvgIpc) is 1.39. The number of likely N-dealkylation sites (tertiary alicyclic amines) is 5. The van der Waals surface area contributed by atoms with Gasteiger partial charge < -0.3 is 67.3 Å². The predicted octanol–water partition coefficient (Wildman–Crippen LogP) is 8.54. The van der Waals surface area contributed by atoms with E-state index < -0.39 is 23.1 Å². The van der Waals surface area contributed by atoms with Crippen molar-refractivity contribution in [3.05, 3.63) is 292 Å². The van der Waals surface area contributed by atoms with E-state index >= 15 is 0 Å². The highest BCUT2D eigenvalue weighted by Crippen LogP contribution is 2.40. The molecule has 40 nitrogen and oxygen atoms in total. The number of nitrogens with one attached hydrogen (secondary N) is 3. The number of carbonyl (C=O) groups excluding carboxylic acids is 7. The number of aromatic amines is 3. The van der Waals surface area contributed by atoms with Crippen molar-refractivity contribution in [1.29, 1.82) is 0 Å². The second-order valence-corrected chi connectivity index (χ2v) is 34.8. The SMILES string of the molecule is C=CC(=O)N1CC(n2cnc3c(=O)n(-c4c(C)ccc5[nH]ncc45)c(C)cc32)C1.C=CC(=O)N1CC(n2cnc3c(=O)n(-c4c(C)ccc5[nH]ncc45)c(C)nc32)C1.C=CC(=O)N1CC(n2cnc3c(=O)n(-c4c(O)cccc4F)c(C)nc32)C1.C=CC(=O)N1CC(n2cnc3c2CCN(c2c(C)ccc4[nH]ncc24)C3=O)C1.C=CC(=O)N1CC(n2cnc3c2CCN(c2c(O)cccc2F)C3=O)C1. The monoisotopic (exact) mass is 1880 g/mol. The number of hydrogen-bond acceptors (Lipinski definition) is 22. The number of aryl methyl sites for hydroxylation is 6. The first-order valence-electron chi connectivity index (χ1n) is 44.6. The molecule has 16 aromatic rings. The first kappa shape index (κ1) is 90.7. The standard InChI is InChI=1S/C21H20N6O2.C20H19N7O2.C20H20N6O2.C18H16FN5O3.C18H17FN4O3/c1-4-18(28)25-9-14(10-25)26-11-22-19-17(26)7-13(3)27(21(19)29)20-12(2)5-6-16-15(20)8-23-24-16;1-4-16(28)25-8-13(9-25)26-10-21-17-19(26)23-12(3)27(20(17)29)18-11(2)5-6-15-14(18)7-22-24-15;1-3-17(27)24-9-13(10-24)26-11-21-18-16(26)6-7-25(20(18)28)19-12(2)4-5-15-14(19)8-22-23-15;1-3-14(26)22-7-11(8-22)23-9-20-15-17(23)21-10(2)24(18(15)27)16-12(19)5-4-6-13(16)25;1-2-15(25)21-8-11(9-21)23-10-20-16-13(23)6-7-22(18(16)26)17-12(19)4-3-5-14(17)24/h4-8,11,14H,1,9-10H2,2-3H3,(H,23,24);4-7,10,13H,1,8-9H2,2-3H3,(H,22,24);3-5,8,11,13H,1,6-7,9-10H2,2H3,(H,22,23);3-6,9,11,25H,1,7-8H2,2H3;2-5,10-11,24H,1,6-9H2. The van der Waals surface area contributed by atoms with Crippen molar-refractivity contribution in [2.45, 2.75) is 84.6 Å². The molecule has 0 atom stereocenters. The second kappa shape index (κ2) is 36.0. The highest BCUT2D eigenvalue weighted by Gasteiger charge is 2.42. The number of anilines is 2. The summed E-state index contributed by atoms with van der Waals surface area (Å²) >= 11 is 0. The summed E-state index contributed by atoms with van der Waals surface area (Å²) in [7, 11) is 0. The highest BCUT2D eigenvalue weighted by molar-refractivity contribution is 6.12. The Morgan fingerprint density at radius 2 is 0.712 bits per heavy atom. The van der Waals surface area contributed by atoms with Crippen LogP contribution in [0.15, 0.2) is 207 Å². The summed E-state index contributed by atoms with van der Waals surface area (Å²) in [6.07, 6.45) is 21.1. The molecule has 23 rings (SSSR count). The molecule has 7 aliphatic heterocycles. The van der Waals surface area contributed by atoms with Crippen LogP contribution in [0.4, 0.5) is 20.2 Å². The lowest BCUT2D eigenvalue weighted by atomic mass is 10.0. The van der Waals surface area contributed by atoms with Crippen molar-refractivity contribution in [2.24, 2.45) is 0 Å². The number of fused-ring (bicyclic) bond motifs is 8. The van der Waals surface area contributed by atoms with Gasteiger partial charge >= 0.3 is 0 Å². The number of phenolic OH excluding ortho intramolecular Hbond substituents is 2. The van der Waals surface area contributed by atoms with Gasteiger partial charge in [-0.3, -0.25) is 76.9 Å². The van der Waals surface area contributed by atoms with Gasteiger partial charge in [-0.25, -0.2) is 43.7 Å². The van der Waals surface area contributed by atoms with Gasteiger partial charge in [0.05, 0.1) is 131 Å². The van der Waals surface area contributed by atoms with Crippen LogP contribution in [0.3, 0.4) is 0 Å². The fourth-order valence-corrected chi connectivity index (χ4v) is 19.0. The fraction of sp³-hybridized carbons (Fsp3) is 0.258. The number of pyridine rings is 1. The summed E-state index contributed by atoms with van der Waals surface area (Å²) in [5.41, 5.74) is 12.5. The summed E-state index contributed by atoms with van der Waals surface area (Å²) in [6, 6.07) is 21.9. The van der Waals surface area contributed by atoms with Crippen LogP contribution in [0.1, 0.15) is 96.6 Å². The second-order valence-electron chi connectivity index (χ2n) is 34.8. The average molecular weight is 1880 g/mol. The quantitative estimate of drug-likeness (QED) is 0.0600. The number of aromatic nitrogens is 21. The van der Waals surface area contributed by atoms with Gasteiger partial charge in [0, 0.05) is 113 Å². The van der Waals surface area contributed by atoms with Crippen molar-refractivity contribution in [3.8, 4) is 28.6 Å². The minimum Gasteiger partial charge on any atom is -0.506 e. The van der Waals surface area contributed by atoms with Crippen LogP contribution in [0.5, 0.6) is 11.5 Å². The van der Waals surface area contributed by atoms with E-state index in [9.17, 15) is 66.9 Å². The van der Waals surface area contributed by atoms with E-state index in [-0.39, 0.29) is 123 Å². The Bertz CT molecular complexity index is 7790. The molecule has 0 saturated carbocycles. The molecule has 0 unspecified atom stereocenters. The Balaban J connectivity index is 0.000000111.